The second-order valence-corrected chi connectivity index (χ2v) is 7.32. The SMILES string of the molecule is CCCCCCC(=O)Nc1nc2ccccc2c2c1ncn2CC(C)C. The highest BCUT2D eigenvalue weighted by Crippen LogP contribution is 2.29. The molecular weight excluding hydrogens is 324 g/mol. The van der Waals surface area contributed by atoms with Crippen LogP contribution in [-0.4, -0.2) is 20.4 Å². The number of benzene rings is 1. The van der Waals surface area contributed by atoms with Crippen molar-refractivity contribution in [3.8, 4) is 0 Å². The summed E-state index contributed by atoms with van der Waals surface area (Å²) in [6.45, 7) is 7.43. The highest BCUT2D eigenvalue weighted by atomic mass is 16.1. The van der Waals surface area contributed by atoms with E-state index < -0.39 is 0 Å². The molecule has 0 fully saturated rings. The lowest BCUT2D eigenvalue weighted by Gasteiger charge is -2.11. The summed E-state index contributed by atoms with van der Waals surface area (Å²) >= 11 is 0. The van der Waals surface area contributed by atoms with E-state index in [0.29, 0.717) is 18.2 Å². The van der Waals surface area contributed by atoms with Crippen molar-refractivity contribution in [3.63, 3.8) is 0 Å². The van der Waals surface area contributed by atoms with Gasteiger partial charge in [0.15, 0.2) is 5.82 Å². The van der Waals surface area contributed by atoms with Crippen molar-refractivity contribution >= 4 is 33.7 Å². The Morgan fingerprint density at radius 2 is 2.00 bits per heavy atom. The van der Waals surface area contributed by atoms with E-state index in [1.165, 1.54) is 12.8 Å². The fourth-order valence-electron chi connectivity index (χ4n) is 3.31. The minimum atomic E-state index is 0.0172. The first-order valence-electron chi connectivity index (χ1n) is 9.63. The van der Waals surface area contributed by atoms with Gasteiger partial charge in [-0.05, 0) is 18.4 Å². The molecule has 5 nitrogen and oxygen atoms in total. The van der Waals surface area contributed by atoms with Crippen molar-refractivity contribution in [2.24, 2.45) is 5.92 Å². The number of carbonyl (C=O) groups excluding carboxylic acids is 1. The molecule has 0 bridgehead atoms. The van der Waals surface area contributed by atoms with Crippen molar-refractivity contribution in [2.75, 3.05) is 5.32 Å². The molecule has 2 heterocycles. The first-order chi connectivity index (χ1) is 12.6. The van der Waals surface area contributed by atoms with Gasteiger partial charge in [0.05, 0.1) is 17.4 Å². The Hall–Kier alpha value is -2.43. The van der Waals surface area contributed by atoms with Gasteiger partial charge >= 0.3 is 0 Å². The van der Waals surface area contributed by atoms with Gasteiger partial charge in [0.1, 0.15) is 5.52 Å². The fourth-order valence-corrected chi connectivity index (χ4v) is 3.31. The molecule has 0 spiro atoms. The lowest BCUT2D eigenvalue weighted by molar-refractivity contribution is -0.116. The summed E-state index contributed by atoms with van der Waals surface area (Å²) < 4.78 is 2.17. The number of aromatic nitrogens is 3. The summed E-state index contributed by atoms with van der Waals surface area (Å²) in [5.41, 5.74) is 2.70. The predicted molar refractivity (Wildman–Crippen MR) is 107 cm³/mol. The van der Waals surface area contributed by atoms with E-state index >= 15 is 0 Å². The molecule has 0 aliphatic rings. The number of unbranched alkanes of at least 4 members (excludes halogenated alkanes) is 3. The van der Waals surface area contributed by atoms with Crippen molar-refractivity contribution in [2.45, 2.75) is 59.4 Å². The second-order valence-electron chi connectivity index (χ2n) is 7.32. The monoisotopic (exact) mass is 352 g/mol. The molecule has 1 amide bonds. The standard InChI is InChI=1S/C21H28N4O/c1-4-5-6-7-12-18(26)24-21-19-20(25(14-22-19)13-15(2)3)16-10-8-9-11-17(16)23-21/h8-11,14-15H,4-7,12-13H2,1-3H3,(H,23,24,26). The maximum absolute atomic E-state index is 12.4. The van der Waals surface area contributed by atoms with Crippen LogP contribution in [0.15, 0.2) is 30.6 Å². The average Bonchev–Trinajstić information content (AvgIpc) is 3.02. The third kappa shape index (κ3) is 4.03. The molecule has 5 heteroatoms. The van der Waals surface area contributed by atoms with Crippen LogP contribution >= 0.6 is 0 Å². The third-order valence-corrected chi connectivity index (χ3v) is 4.53. The highest BCUT2D eigenvalue weighted by molar-refractivity contribution is 6.09. The number of anilines is 1. The normalized spacial score (nSPS) is 11.5. The number of fused-ring (bicyclic) bond motifs is 3. The van der Waals surface area contributed by atoms with E-state index in [1.54, 1.807) is 0 Å². The second kappa shape index (κ2) is 8.30. The molecule has 1 N–H and O–H groups in total. The Morgan fingerprint density at radius 3 is 2.77 bits per heavy atom. The number of nitrogens with one attached hydrogen (secondary N) is 1. The van der Waals surface area contributed by atoms with Crippen molar-refractivity contribution in [1.29, 1.82) is 0 Å². The Labute approximate surface area is 154 Å². The van der Waals surface area contributed by atoms with Crippen LogP contribution in [0.1, 0.15) is 52.9 Å². The lowest BCUT2D eigenvalue weighted by atomic mass is 10.1. The summed E-state index contributed by atoms with van der Waals surface area (Å²) in [5.74, 6) is 1.10. The average molecular weight is 352 g/mol. The smallest absolute Gasteiger partial charge is 0.225 e. The minimum Gasteiger partial charge on any atom is -0.330 e. The zero-order valence-corrected chi connectivity index (χ0v) is 16.0. The fraction of sp³-hybridized carbons (Fsp3) is 0.476. The van der Waals surface area contributed by atoms with Gasteiger partial charge in [-0.2, -0.15) is 0 Å². The van der Waals surface area contributed by atoms with E-state index in [9.17, 15) is 4.79 Å². The molecule has 3 aromatic rings. The molecule has 1 aromatic carbocycles. The van der Waals surface area contributed by atoms with E-state index in [2.05, 4.69) is 46.7 Å². The quantitative estimate of drug-likeness (QED) is 0.570. The minimum absolute atomic E-state index is 0.0172. The lowest BCUT2D eigenvalue weighted by Crippen LogP contribution is -2.13. The molecule has 0 unspecified atom stereocenters. The number of para-hydroxylation sites is 1. The first kappa shape index (κ1) is 18.4. The number of carbonyl (C=O) groups is 1. The van der Waals surface area contributed by atoms with Crippen LogP contribution in [0, 0.1) is 5.92 Å². The zero-order valence-electron chi connectivity index (χ0n) is 16.0. The summed E-state index contributed by atoms with van der Waals surface area (Å²) in [5, 5.41) is 4.07. The molecule has 0 aliphatic carbocycles. The zero-order chi connectivity index (χ0) is 18.5. The molecule has 26 heavy (non-hydrogen) atoms. The molecule has 0 saturated carbocycles. The van der Waals surface area contributed by atoms with E-state index in [-0.39, 0.29) is 5.91 Å². The number of rotatable bonds is 8. The topological polar surface area (TPSA) is 59.8 Å². The molecule has 2 aromatic heterocycles. The van der Waals surface area contributed by atoms with Crippen LogP contribution < -0.4 is 5.32 Å². The molecule has 0 saturated heterocycles. The maximum Gasteiger partial charge on any atom is 0.225 e. The molecule has 0 aliphatic heterocycles. The first-order valence-corrected chi connectivity index (χ1v) is 9.63. The van der Waals surface area contributed by atoms with E-state index in [4.69, 9.17) is 0 Å². The predicted octanol–water partition coefficient (Wildman–Crippen LogP) is 5.15. The van der Waals surface area contributed by atoms with E-state index in [1.807, 2.05) is 24.5 Å². The van der Waals surface area contributed by atoms with Gasteiger partial charge in [-0.3, -0.25) is 4.79 Å². The van der Waals surface area contributed by atoms with Crippen molar-refractivity contribution < 1.29 is 4.79 Å². The largest absolute Gasteiger partial charge is 0.330 e. The maximum atomic E-state index is 12.4. The summed E-state index contributed by atoms with van der Waals surface area (Å²) in [7, 11) is 0. The van der Waals surface area contributed by atoms with Gasteiger partial charge < -0.3 is 9.88 Å². The number of amides is 1. The van der Waals surface area contributed by atoms with Crippen LogP contribution in [0.2, 0.25) is 0 Å². The van der Waals surface area contributed by atoms with Gasteiger partial charge in [0.25, 0.3) is 0 Å². The molecule has 3 rings (SSSR count). The van der Waals surface area contributed by atoms with Gasteiger partial charge in [0.2, 0.25) is 5.91 Å². The molecular formula is C21H28N4O. The van der Waals surface area contributed by atoms with Gasteiger partial charge in [-0.15, -0.1) is 0 Å². The van der Waals surface area contributed by atoms with Crippen LogP contribution in [0.25, 0.3) is 21.9 Å². The Kier molecular flexibility index (Phi) is 5.86. The number of nitrogens with zero attached hydrogens (tertiary/aromatic N) is 3. The molecule has 138 valence electrons. The number of pyridine rings is 1. The van der Waals surface area contributed by atoms with Crippen LogP contribution in [0.4, 0.5) is 5.82 Å². The van der Waals surface area contributed by atoms with Gasteiger partial charge in [-0.25, -0.2) is 9.97 Å². The number of imidazole rings is 1. The highest BCUT2D eigenvalue weighted by Gasteiger charge is 2.16. The summed E-state index contributed by atoms with van der Waals surface area (Å²) in [4.78, 5) is 21.6. The van der Waals surface area contributed by atoms with Crippen molar-refractivity contribution in [1.82, 2.24) is 14.5 Å². The number of hydrogen-bond donors (Lipinski definition) is 1. The van der Waals surface area contributed by atoms with E-state index in [0.717, 1.165) is 41.3 Å². The Bertz CT molecular complexity index is 898. The Balaban J connectivity index is 1.94. The Morgan fingerprint density at radius 1 is 1.19 bits per heavy atom. The third-order valence-electron chi connectivity index (χ3n) is 4.53. The van der Waals surface area contributed by atoms with Crippen LogP contribution in [-0.2, 0) is 11.3 Å². The number of hydrogen-bond acceptors (Lipinski definition) is 3. The van der Waals surface area contributed by atoms with Crippen LogP contribution in [0.3, 0.4) is 0 Å². The van der Waals surface area contributed by atoms with Crippen LogP contribution in [0.5, 0.6) is 0 Å². The summed E-state index contributed by atoms with van der Waals surface area (Å²) in [6.07, 6.45) is 6.73. The van der Waals surface area contributed by atoms with Gasteiger partial charge in [-0.1, -0.05) is 58.2 Å². The summed E-state index contributed by atoms with van der Waals surface area (Å²) in [6, 6.07) is 8.04. The molecule has 0 radical (unpaired) electrons. The van der Waals surface area contributed by atoms with Crippen molar-refractivity contribution in [3.05, 3.63) is 30.6 Å². The van der Waals surface area contributed by atoms with Gasteiger partial charge in [0, 0.05) is 18.4 Å². The molecule has 0 atom stereocenters.